The van der Waals surface area contributed by atoms with Crippen molar-refractivity contribution < 1.29 is 25.2 Å². The Bertz CT molecular complexity index is 423. The van der Waals surface area contributed by atoms with E-state index in [4.69, 9.17) is 10.8 Å². The van der Waals surface area contributed by atoms with Crippen LogP contribution in [0.15, 0.2) is 12.1 Å². The monoisotopic (exact) mass is 255 g/mol. The largest absolute Gasteiger partial charge is 0.508 e. The van der Waals surface area contributed by atoms with Crippen LogP contribution in [0.1, 0.15) is 31.2 Å². The Morgan fingerprint density at radius 2 is 1.78 bits per heavy atom. The van der Waals surface area contributed by atoms with Crippen LogP contribution in [0.2, 0.25) is 0 Å². The average molecular weight is 255 g/mol. The van der Waals surface area contributed by atoms with Crippen LogP contribution in [-0.4, -0.2) is 32.4 Å². The van der Waals surface area contributed by atoms with Gasteiger partial charge in [0.15, 0.2) is 0 Å². The Balaban J connectivity index is 3.06. The minimum absolute atomic E-state index is 0.0950. The molecule has 0 aromatic heterocycles. The van der Waals surface area contributed by atoms with Crippen molar-refractivity contribution in [2.75, 3.05) is 0 Å². The fourth-order valence-corrected chi connectivity index (χ4v) is 1.92. The van der Waals surface area contributed by atoms with Crippen LogP contribution in [0.25, 0.3) is 0 Å². The zero-order chi connectivity index (χ0) is 13.9. The highest BCUT2D eigenvalue weighted by atomic mass is 16.4. The summed E-state index contributed by atoms with van der Waals surface area (Å²) < 4.78 is 0. The van der Waals surface area contributed by atoms with Crippen molar-refractivity contribution in [3.8, 4) is 17.2 Å². The summed E-state index contributed by atoms with van der Waals surface area (Å²) in [6, 6.07) is 1.14. The highest BCUT2D eigenvalue weighted by Gasteiger charge is 2.24. The van der Waals surface area contributed by atoms with E-state index in [9.17, 15) is 20.1 Å². The highest BCUT2D eigenvalue weighted by molar-refractivity contribution is 5.73. The maximum absolute atomic E-state index is 10.7. The van der Waals surface area contributed by atoms with Gasteiger partial charge in [-0.25, -0.2) is 0 Å². The molecule has 0 bridgehead atoms. The second kappa shape index (κ2) is 5.59. The molecule has 0 radical (unpaired) electrons. The van der Waals surface area contributed by atoms with Crippen molar-refractivity contribution in [3.05, 3.63) is 17.7 Å². The molecular formula is C12H17NO5. The lowest BCUT2D eigenvalue weighted by molar-refractivity contribution is -0.138. The SMILES string of the molecule is CCC(CC(N)C(=O)O)c1c(O)cc(O)cc1O. The van der Waals surface area contributed by atoms with Crippen LogP contribution < -0.4 is 5.73 Å². The van der Waals surface area contributed by atoms with Gasteiger partial charge in [0, 0.05) is 17.7 Å². The third kappa shape index (κ3) is 3.04. The lowest BCUT2D eigenvalue weighted by Crippen LogP contribution is -2.31. The lowest BCUT2D eigenvalue weighted by Gasteiger charge is -2.20. The lowest BCUT2D eigenvalue weighted by atomic mass is 9.88. The number of nitrogens with two attached hydrogens (primary N) is 1. The number of benzene rings is 1. The molecule has 0 aliphatic carbocycles. The Morgan fingerprint density at radius 1 is 1.28 bits per heavy atom. The fourth-order valence-electron chi connectivity index (χ4n) is 1.92. The van der Waals surface area contributed by atoms with Gasteiger partial charge in [0.2, 0.25) is 0 Å². The van der Waals surface area contributed by atoms with Gasteiger partial charge >= 0.3 is 5.97 Å². The topological polar surface area (TPSA) is 124 Å². The van der Waals surface area contributed by atoms with Crippen molar-refractivity contribution in [1.29, 1.82) is 0 Å². The smallest absolute Gasteiger partial charge is 0.320 e. The standard InChI is InChI=1S/C12H17NO5/c1-2-6(3-8(13)12(17)18)11-9(15)4-7(14)5-10(11)16/h4-6,8,14-16H,2-3,13H2,1H3,(H,17,18). The van der Waals surface area contributed by atoms with Gasteiger partial charge in [-0.1, -0.05) is 6.92 Å². The molecular weight excluding hydrogens is 238 g/mol. The fraction of sp³-hybridized carbons (Fsp3) is 0.417. The van der Waals surface area contributed by atoms with Crippen molar-refractivity contribution in [1.82, 2.24) is 0 Å². The predicted octanol–water partition coefficient (Wildman–Crippen LogP) is 1.10. The van der Waals surface area contributed by atoms with Gasteiger partial charge in [0.05, 0.1) is 0 Å². The summed E-state index contributed by atoms with van der Waals surface area (Å²) in [4.78, 5) is 10.7. The van der Waals surface area contributed by atoms with Crippen LogP contribution >= 0.6 is 0 Å². The molecule has 100 valence electrons. The van der Waals surface area contributed by atoms with Gasteiger partial charge in [0.25, 0.3) is 0 Å². The van der Waals surface area contributed by atoms with E-state index in [0.717, 1.165) is 12.1 Å². The van der Waals surface area contributed by atoms with Crippen LogP contribution in [0.3, 0.4) is 0 Å². The Morgan fingerprint density at radius 3 is 2.17 bits per heavy atom. The summed E-state index contributed by atoms with van der Waals surface area (Å²) in [5.41, 5.74) is 5.66. The Kier molecular flexibility index (Phi) is 4.38. The molecule has 0 saturated carbocycles. The number of carboxylic acid groups (broad SMARTS) is 1. The number of phenols is 3. The molecule has 0 aliphatic heterocycles. The molecule has 0 saturated heterocycles. The molecule has 6 N–H and O–H groups in total. The molecule has 1 rings (SSSR count). The molecule has 2 atom stereocenters. The second-order valence-electron chi connectivity index (χ2n) is 4.18. The highest BCUT2D eigenvalue weighted by Crippen LogP contribution is 2.40. The summed E-state index contributed by atoms with van der Waals surface area (Å²) in [5, 5.41) is 37.4. The first-order chi connectivity index (χ1) is 8.36. The molecule has 0 spiro atoms. The number of hydrogen-bond donors (Lipinski definition) is 5. The molecule has 0 amide bonds. The maximum Gasteiger partial charge on any atom is 0.320 e. The van der Waals surface area contributed by atoms with Crippen molar-refractivity contribution in [3.63, 3.8) is 0 Å². The average Bonchev–Trinajstić information content (AvgIpc) is 2.25. The van der Waals surface area contributed by atoms with E-state index in [1.807, 2.05) is 0 Å². The minimum Gasteiger partial charge on any atom is -0.508 e. The quantitative estimate of drug-likeness (QED) is 0.536. The molecule has 0 aliphatic rings. The van der Waals surface area contributed by atoms with E-state index in [-0.39, 0.29) is 29.2 Å². The molecule has 1 aromatic carbocycles. The van der Waals surface area contributed by atoms with Crippen LogP contribution in [0, 0.1) is 0 Å². The molecule has 6 nitrogen and oxygen atoms in total. The summed E-state index contributed by atoms with van der Waals surface area (Å²) >= 11 is 0. The minimum atomic E-state index is -1.13. The zero-order valence-corrected chi connectivity index (χ0v) is 10.00. The number of carbonyl (C=O) groups is 1. The van der Waals surface area contributed by atoms with Crippen molar-refractivity contribution in [2.24, 2.45) is 5.73 Å². The van der Waals surface area contributed by atoms with Gasteiger partial charge in [-0.15, -0.1) is 0 Å². The van der Waals surface area contributed by atoms with Crippen LogP contribution in [0.4, 0.5) is 0 Å². The number of phenolic OH excluding ortho intramolecular Hbond substituents is 3. The summed E-state index contributed by atoms with van der Waals surface area (Å²) in [7, 11) is 0. The third-order valence-electron chi connectivity index (χ3n) is 2.88. The third-order valence-corrected chi connectivity index (χ3v) is 2.88. The van der Waals surface area contributed by atoms with Gasteiger partial charge in [-0.05, 0) is 18.8 Å². The number of aliphatic carboxylic acids is 1. The number of rotatable bonds is 5. The normalized spacial score (nSPS) is 14.1. The molecule has 18 heavy (non-hydrogen) atoms. The van der Waals surface area contributed by atoms with E-state index < -0.39 is 17.9 Å². The van der Waals surface area contributed by atoms with Crippen molar-refractivity contribution >= 4 is 5.97 Å². The Hall–Kier alpha value is -1.95. The van der Waals surface area contributed by atoms with Gasteiger partial charge < -0.3 is 26.2 Å². The molecule has 0 fully saturated rings. The maximum atomic E-state index is 10.7. The van der Waals surface area contributed by atoms with Crippen LogP contribution in [-0.2, 0) is 4.79 Å². The van der Waals surface area contributed by atoms with Gasteiger partial charge in [0.1, 0.15) is 23.3 Å². The van der Waals surface area contributed by atoms with E-state index in [1.54, 1.807) is 6.92 Å². The van der Waals surface area contributed by atoms with E-state index >= 15 is 0 Å². The molecule has 0 heterocycles. The predicted molar refractivity (Wildman–Crippen MR) is 64.7 cm³/mol. The van der Waals surface area contributed by atoms with E-state index in [1.165, 1.54) is 0 Å². The first-order valence-electron chi connectivity index (χ1n) is 5.60. The first-order valence-corrected chi connectivity index (χ1v) is 5.60. The molecule has 6 heteroatoms. The molecule has 2 unspecified atom stereocenters. The van der Waals surface area contributed by atoms with Gasteiger partial charge in [-0.2, -0.15) is 0 Å². The zero-order valence-electron chi connectivity index (χ0n) is 10.00. The first kappa shape index (κ1) is 14.1. The number of carboxylic acids is 1. The summed E-state index contributed by atoms with van der Waals surface area (Å²) in [6.45, 7) is 1.80. The summed E-state index contributed by atoms with van der Waals surface area (Å²) in [5.74, 6) is -2.32. The number of hydrogen-bond acceptors (Lipinski definition) is 5. The van der Waals surface area contributed by atoms with Crippen molar-refractivity contribution in [2.45, 2.75) is 31.7 Å². The van der Waals surface area contributed by atoms with Crippen LogP contribution in [0.5, 0.6) is 17.2 Å². The Labute approximate surface area is 104 Å². The molecule has 1 aromatic rings. The summed E-state index contributed by atoms with van der Waals surface area (Å²) in [6.07, 6.45) is 0.602. The van der Waals surface area contributed by atoms with E-state index in [0.29, 0.717) is 6.42 Å². The van der Waals surface area contributed by atoms with Gasteiger partial charge in [-0.3, -0.25) is 4.79 Å². The second-order valence-corrected chi connectivity index (χ2v) is 4.18. The number of aromatic hydroxyl groups is 3. The van der Waals surface area contributed by atoms with E-state index in [2.05, 4.69) is 0 Å².